The molecule has 1 atom stereocenters. The lowest BCUT2D eigenvalue weighted by molar-refractivity contribution is -0.385. The molecule has 3 aliphatic rings. The number of nitrogens with two attached hydrogens (primary N) is 2. The second kappa shape index (κ2) is 48.5. The van der Waals surface area contributed by atoms with E-state index in [0.717, 1.165) is 108 Å². The summed E-state index contributed by atoms with van der Waals surface area (Å²) in [6.07, 6.45) is 2.49. The molecule has 9 aromatic carbocycles. The Morgan fingerprint density at radius 1 is 0.451 bits per heavy atom. The number of fused-ring (bicyclic) bond motifs is 3. The van der Waals surface area contributed by atoms with E-state index < -0.39 is 68.8 Å². The van der Waals surface area contributed by atoms with Crippen molar-refractivity contribution in [1.82, 2.24) is 19.9 Å². The number of ether oxygens (including phenoxy) is 2. The lowest BCUT2D eigenvalue weighted by atomic mass is 9.98. The van der Waals surface area contributed by atoms with Gasteiger partial charge in [-0.25, -0.2) is 29.5 Å². The standard InChI is InChI=1S/C23H21N3O.C22H22F3N3O6.C18H16N2O3.C18H18N2O.C13H20N2O2.C4H3ClN2.CH2Cl2.H3P/c1-15-9-19-13-20(27)14-22(26-21(19)10-16(15)2)18-6-3-5-17(11-18)12-23-24-7-4-8-25-23;1-12-8-16(27-20(31)34-21(2,3)4)17(10-15(12)22(23,24)25)26-19(30)11-18(29)13-6-5-7-14(9-13)28(32)33;1-11-6-14-9-16(21)10-18(19-17(14)7-12(11)2)13-4-3-5-15(8-13)20(22)23;1-11-6-14-9-16(21)10-18(20-17(14)7-12(11)2)13-4-3-5-15(19)8-13;1-8-6-10(14)11(7-9(8)2)15-12(16)17-13(3,4)5;5-4-6-2-1-3-7-4;2-1-3;/h3-11H,12-14H2,1-2H3;5-10H,11H2,1-4H3,(H,26,30)(H,27,31);3-8H,9-10H2,1-2H3;3-8H,9-10,19H2,1-2H3;6-7H,14H2,1-5H3,(H,15,16);1-3H;1H2;1H3. The Balaban J connectivity index is 0.000000224. The van der Waals surface area contributed by atoms with Gasteiger partial charge in [0.2, 0.25) is 11.2 Å². The first-order valence-electron chi connectivity index (χ1n) is 41.4. The first-order valence-corrected chi connectivity index (χ1v) is 42.8. The predicted octanol–water partition coefficient (Wildman–Crippen LogP) is 23.0. The molecule has 696 valence electrons. The molecule has 1 unspecified atom stereocenters. The van der Waals surface area contributed by atoms with E-state index in [0.29, 0.717) is 78.2 Å². The van der Waals surface area contributed by atoms with Gasteiger partial charge < -0.3 is 26.3 Å². The van der Waals surface area contributed by atoms with E-state index in [1.165, 1.54) is 53.4 Å². The Morgan fingerprint density at radius 3 is 1.26 bits per heavy atom. The summed E-state index contributed by atoms with van der Waals surface area (Å²) in [4.78, 5) is 136. The topological polar surface area (TPSA) is 401 Å². The Morgan fingerprint density at radius 2 is 0.827 bits per heavy atom. The van der Waals surface area contributed by atoms with E-state index >= 15 is 0 Å². The SMILES string of the molecule is Cc1cc(N)c(NC(=O)OC(C)(C)C)cc1C.Cc1cc(NC(=O)OC(C)(C)C)c(NC(=O)CC(=O)c2cccc([N+](=O)[O-])c2)cc1C(F)(F)F.Cc1cc2c(cc1C)N=C(c1cccc(Cc3ncccn3)c1)CC(=O)C2.Cc1cc2c(cc1C)N=C(c1cccc(N)c1)CC(=O)C2.Cc1cc2c(cc1C)N=C(c1cccc([N+](=O)[O-])c1)CC(=O)C2.ClCCl.Clc1ncccn1.P. The van der Waals surface area contributed by atoms with Crippen LogP contribution in [0.5, 0.6) is 0 Å². The highest BCUT2D eigenvalue weighted by Gasteiger charge is 2.35. The Bertz CT molecular complexity index is 6250. The molecule has 3 amide bonds. The molecule has 2 aromatic heterocycles. The van der Waals surface area contributed by atoms with Gasteiger partial charge >= 0.3 is 18.4 Å². The molecule has 0 fully saturated rings. The number of halogens is 6. The molecule has 0 bridgehead atoms. The molecule has 14 rings (SSSR count). The summed E-state index contributed by atoms with van der Waals surface area (Å²) in [5.74, 6) is -0.528. The fourth-order valence-electron chi connectivity index (χ4n) is 13.3. The van der Waals surface area contributed by atoms with Crippen LogP contribution < -0.4 is 27.4 Å². The van der Waals surface area contributed by atoms with Crippen molar-refractivity contribution < 1.29 is 66.1 Å². The van der Waals surface area contributed by atoms with Gasteiger partial charge in [0.15, 0.2) is 5.78 Å². The van der Waals surface area contributed by atoms with E-state index in [4.69, 9.17) is 65.7 Å². The number of hydrogen-bond acceptors (Lipinski definition) is 22. The number of nitrogens with zero attached hydrogens (tertiary/aromatic N) is 9. The van der Waals surface area contributed by atoms with Crippen molar-refractivity contribution in [1.29, 1.82) is 0 Å². The lowest BCUT2D eigenvalue weighted by Gasteiger charge is -2.21. The normalized spacial score (nSPS) is 12.4. The lowest BCUT2D eigenvalue weighted by Crippen LogP contribution is -2.28. The van der Waals surface area contributed by atoms with Crippen LogP contribution in [0.3, 0.4) is 0 Å². The van der Waals surface area contributed by atoms with Crippen LogP contribution in [0, 0.1) is 82.5 Å². The third-order valence-electron chi connectivity index (χ3n) is 20.1. The van der Waals surface area contributed by atoms with Crippen molar-refractivity contribution in [3.8, 4) is 0 Å². The summed E-state index contributed by atoms with van der Waals surface area (Å²) in [6, 6.07) is 47.9. The smallest absolute Gasteiger partial charge is 0.416 e. The molecule has 0 saturated heterocycles. The molecular formula is C99H105Cl3F3N14O13P. The van der Waals surface area contributed by atoms with Gasteiger partial charge in [-0.15, -0.1) is 23.2 Å². The first-order chi connectivity index (χ1) is 62.1. The summed E-state index contributed by atoms with van der Waals surface area (Å²) in [5.41, 5.74) is 30.4. The number of nitrogen functional groups attached to an aromatic ring is 2. The van der Waals surface area contributed by atoms with Crippen LogP contribution in [0.2, 0.25) is 5.28 Å². The van der Waals surface area contributed by atoms with Crippen LogP contribution in [0.25, 0.3) is 0 Å². The molecule has 7 N–H and O–H groups in total. The van der Waals surface area contributed by atoms with Gasteiger partial charge in [-0.2, -0.15) is 23.1 Å². The van der Waals surface area contributed by atoms with Gasteiger partial charge in [-0.05, 0) is 272 Å². The number of amides is 3. The van der Waals surface area contributed by atoms with E-state index in [-0.39, 0.29) is 67.2 Å². The van der Waals surface area contributed by atoms with E-state index in [1.807, 2.05) is 115 Å². The van der Waals surface area contributed by atoms with Gasteiger partial charge in [0.05, 0.1) is 84.1 Å². The monoisotopic (exact) mass is 1890 g/mol. The van der Waals surface area contributed by atoms with Crippen molar-refractivity contribution in [3.05, 3.63) is 326 Å². The van der Waals surface area contributed by atoms with Gasteiger partial charge in [0, 0.05) is 111 Å². The first kappa shape index (κ1) is 106. The molecule has 133 heavy (non-hydrogen) atoms. The number of anilines is 5. The quantitative estimate of drug-likeness (QED) is 0.0105. The zero-order valence-electron chi connectivity index (χ0n) is 76.3. The maximum absolute atomic E-state index is 13.4. The number of carbonyl (C=O) groups excluding carboxylic acids is 7. The largest absolute Gasteiger partial charge is 0.444 e. The zero-order chi connectivity index (χ0) is 97.2. The van der Waals surface area contributed by atoms with Crippen molar-refractivity contribution >= 4 is 160 Å². The van der Waals surface area contributed by atoms with Crippen LogP contribution in [0.15, 0.2) is 210 Å². The van der Waals surface area contributed by atoms with Crippen LogP contribution in [0.4, 0.5) is 79.6 Å². The number of rotatable bonds is 13. The van der Waals surface area contributed by atoms with Crippen LogP contribution >= 0.6 is 44.7 Å². The number of nitro groups is 2. The summed E-state index contributed by atoms with van der Waals surface area (Å²) < 4.78 is 50.4. The fourth-order valence-corrected chi connectivity index (χ4v) is 13.4. The van der Waals surface area contributed by atoms with Crippen LogP contribution in [-0.4, -0.2) is 105 Å². The van der Waals surface area contributed by atoms with E-state index in [1.54, 1.807) is 63.8 Å². The zero-order valence-corrected chi connectivity index (χ0v) is 80.0. The minimum absolute atomic E-state index is 0. The molecule has 34 heteroatoms. The number of hydrogen-bond donors (Lipinski definition) is 5. The number of nitrogens with one attached hydrogen (secondary N) is 3. The molecule has 0 radical (unpaired) electrons. The van der Waals surface area contributed by atoms with Gasteiger partial charge in [0.1, 0.15) is 34.4 Å². The molecule has 0 spiro atoms. The summed E-state index contributed by atoms with van der Waals surface area (Å²) in [5, 5.41) is 29.4. The molecule has 0 aliphatic carbocycles. The average molecular weight is 1890 g/mol. The maximum Gasteiger partial charge on any atom is 0.416 e. The number of aliphatic imine (C=N–C) groups is 3. The maximum atomic E-state index is 13.4. The summed E-state index contributed by atoms with van der Waals surface area (Å²) in [6.45, 7) is 27.6. The third-order valence-corrected chi connectivity index (χ3v) is 20.3. The second-order valence-corrected chi connectivity index (χ2v) is 34.2. The highest BCUT2D eigenvalue weighted by Crippen LogP contribution is 2.39. The van der Waals surface area contributed by atoms with Crippen molar-refractivity contribution in [3.63, 3.8) is 0 Å². The van der Waals surface area contributed by atoms with Crippen LogP contribution in [-0.2, 0) is 60.5 Å². The second-order valence-electron chi connectivity index (χ2n) is 33.1. The summed E-state index contributed by atoms with van der Waals surface area (Å²) >= 11 is 14.8. The molecule has 11 aromatic rings. The predicted molar refractivity (Wildman–Crippen MR) is 523 cm³/mol. The number of aryl methyl sites for hydroxylation is 9. The van der Waals surface area contributed by atoms with E-state index in [9.17, 15) is 67.0 Å². The average Bonchev–Trinajstić information content (AvgIpc) is 1.51. The number of benzene rings is 9. The number of alkyl halides is 5. The third kappa shape index (κ3) is 33.6. The fraction of sp³-hybridized carbons (Fsp3) is 0.273. The highest BCUT2D eigenvalue weighted by atomic mass is 35.5. The van der Waals surface area contributed by atoms with Gasteiger partial charge in [-0.3, -0.25) is 69.8 Å². The van der Waals surface area contributed by atoms with Crippen molar-refractivity contribution in [2.75, 3.05) is 32.8 Å². The minimum Gasteiger partial charge on any atom is -0.444 e. The Hall–Kier alpha value is -13.7. The number of nitro benzene ring substituents is 2. The number of aromatic nitrogens is 4. The molecule has 27 nitrogen and oxygen atoms in total. The van der Waals surface area contributed by atoms with Crippen molar-refractivity contribution in [2.45, 2.75) is 173 Å². The number of carbonyl (C=O) groups is 7. The molecule has 0 saturated carbocycles. The molecular weight excluding hydrogens is 1790 g/mol. The molecule has 5 heterocycles. The van der Waals surface area contributed by atoms with Crippen LogP contribution in [0.1, 0.15) is 178 Å². The Kier molecular flexibility index (Phi) is 38.8. The number of Topliss-reactive ketones (excluding diaryl/α,β-unsaturated/α-hetero) is 4. The number of non-ortho nitro benzene ring substituents is 2. The number of ketones is 4. The molecule has 3 aliphatic heterocycles. The van der Waals surface area contributed by atoms with Crippen molar-refractivity contribution in [2.24, 2.45) is 15.0 Å². The Labute approximate surface area is 787 Å². The minimum atomic E-state index is -4.74. The summed E-state index contributed by atoms with van der Waals surface area (Å²) in [7, 11) is 0. The van der Waals surface area contributed by atoms with Gasteiger partial charge in [0.25, 0.3) is 11.4 Å². The van der Waals surface area contributed by atoms with E-state index in [2.05, 4.69) is 105 Å². The highest BCUT2D eigenvalue weighted by molar-refractivity contribution is 6.92. The van der Waals surface area contributed by atoms with Gasteiger partial charge in [-0.1, -0.05) is 72.8 Å².